The Morgan fingerprint density at radius 3 is 2.90 bits per heavy atom. The van der Waals surface area contributed by atoms with Crippen LogP contribution < -0.4 is 16.2 Å². The lowest BCUT2D eigenvalue weighted by Crippen LogP contribution is -2.42. The van der Waals surface area contributed by atoms with Crippen LogP contribution in [0.25, 0.3) is 10.2 Å². The SMILES string of the molecule is Cc1c(C(=O)NC2CCNCC2)sc2ncn(C)c(=O)c12. The lowest BCUT2D eigenvalue weighted by Gasteiger charge is -2.23. The number of aryl methyl sites for hydroxylation is 2. The van der Waals surface area contributed by atoms with Crippen molar-refractivity contribution in [2.45, 2.75) is 25.8 Å². The quantitative estimate of drug-likeness (QED) is 0.860. The number of nitrogens with one attached hydrogen (secondary N) is 2. The second-order valence-corrected chi connectivity index (χ2v) is 6.39. The third-order valence-corrected chi connectivity index (χ3v) is 5.09. The van der Waals surface area contributed by atoms with Gasteiger partial charge < -0.3 is 15.2 Å². The molecule has 2 aromatic rings. The molecule has 1 aliphatic heterocycles. The Hall–Kier alpha value is -1.73. The van der Waals surface area contributed by atoms with Gasteiger partial charge in [-0.25, -0.2) is 4.98 Å². The second-order valence-electron chi connectivity index (χ2n) is 5.39. The van der Waals surface area contributed by atoms with Gasteiger partial charge in [-0.2, -0.15) is 0 Å². The lowest BCUT2D eigenvalue weighted by molar-refractivity contribution is 0.0933. The van der Waals surface area contributed by atoms with E-state index in [9.17, 15) is 9.59 Å². The number of carbonyl (C=O) groups excluding carboxylic acids is 1. The van der Waals surface area contributed by atoms with Crippen molar-refractivity contribution in [3.05, 3.63) is 27.1 Å². The standard InChI is InChI=1S/C14H18N4O2S/c1-8-10-13(16-7-18(2)14(10)20)21-11(8)12(19)17-9-3-5-15-6-4-9/h7,9,15H,3-6H2,1-2H3,(H,17,19). The molecule has 2 aromatic heterocycles. The molecule has 3 rings (SSSR count). The van der Waals surface area contributed by atoms with Crippen LogP contribution in [0.4, 0.5) is 0 Å². The Morgan fingerprint density at radius 1 is 1.48 bits per heavy atom. The molecular weight excluding hydrogens is 288 g/mol. The van der Waals surface area contributed by atoms with E-state index in [0.717, 1.165) is 31.5 Å². The molecule has 0 aromatic carbocycles. The molecule has 21 heavy (non-hydrogen) atoms. The van der Waals surface area contributed by atoms with Gasteiger partial charge in [0, 0.05) is 13.1 Å². The highest BCUT2D eigenvalue weighted by atomic mass is 32.1. The molecule has 0 spiro atoms. The molecule has 1 fully saturated rings. The van der Waals surface area contributed by atoms with E-state index in [-0.39, 0.29) is 17.5 Å². The van der Waals surface area contributed by atoms with Crippen LogP contribution in [0, 0.1) is 6.92 Å². The zero-order chi connectivity index (χ0) is 15.0. The van der Waals surface area contributed by atoms with E-state index in [0.29, 0.717) is 15.1 Å². The van der Waals surface area contributed by atoms with Crippen molar-refractivity contribution in [1.29, 1.82) is 0 Å². The van der Waals surface area contributed by atoms with Crippen molar-refractivity contribution in [1.82, 2.24) is 20.2 Å². The fraction of sp³-hybridized carbons (Fsp3) is 0.500. The van der Waals surface area contributed by atoms with Crippen molar-refractivity contribution in [2.24, 2.45) is 7.05 Å². The number of piperidine rings is 1. The van der Waals surface area contributed by atoms with Crippen LogP contribution in [0.3, 0.4) is 0 Å². The van der Waals surface area contributed by atoms with Gasteiger partial charge in [0.15, 0.2) is 0 Å². The summed E-state index contributed by atoms with van der Waals surface area (Å²) in [7, 11) is 1.67. The molecule has 0 aliphatic carbocycles. The summed E-state index contributed by atoms with van der Waals surface area (Å²) in [6.45, 7) is 3.68. The highest BCUT2D eigenvalue weighted by molar-refractivity contribution is 7.20. The van der Waals surface area contributed by atoms with E-state index in [4.69, 9.17) is 0 Å². The first-order chi connectivity index (χ1) is 10.1. The second kappa shape index (κ2) is 5.57. The minimum atomic E-state index is -0.102. The largest absolute Gasteiger partial charge is 0.349 e. The fourth-order valence-corrected chi connectivity index (χ4v) is 3.69. The predicted molar refractivity (Wildman–Crippen MR) is 83.0 cm³/mol. The maximum Gasteiger partial charge on any atom is 0.262 e. The molecule has 0 atom stereocenters. The molecular formula is C14H18N4O2S. The Morgan fingerprint density at radius 2 is 2.19 bits per heavy atom. The molecule has 1 aliphatic rings. The number of carbonyl (C=O) groups is 1. The molecule has 3 heterocycles. The maximum atomic E-state index is 12.4. The third kappa shape index (κ3) is 2.58. The van der Waals surface area contributed by atoms with Crippen molar-refractivity contribution >= 4 is 27.5 Å². The van der Waals surface area contributed by atoms with E-state index in [2.05, 4.69) is 15.6 Å². The number of hydrogen-bond acceptors (Lipinski definition) is 5. The summed E-state index contributed by atoms with van der Waals surface area (Å²) >= 11 is 1.29. The number of thiophene rings is 1. The number of fused-ring (bicyclic) bond motifs is 1. The van der Waals surface area contributed by atoms with E-state index >= 15 is 0 Å². The van der Waals surface area contributed by atoms with Gasteiger partial charge in [-0.05, 0) is 38.4 Å². The monoisotopic (exact) mass is 306 g/mol. The Balaban J connectivity index is 1.93. The van der Waals surface area contributed by atoms with Crippen LogP contribution in [0.5, 0.6) is 0 Å². The first-order valence-electron chi connectivity index (χ1n) is 7.04. The minimum absolute atomic E-state index is 0.0931. The summed E-state index contributed by atoms with van der Waals surface area (Å²) in [5.74, 6) is -0.0931. The van der Waals surface area contributed by atoms with Gasteiger partial charge in [0.05, 0.1) is 16.6 Å². The predicted octanol–water partition coefficient (Wildman–Crippen LogP) is 0.785. The lowest BCUT2D eigenvalue weighted by atomic mass is 10.1. The van der Waals surface area contributed by atoms with Gasteiger partial charge in [0.1, 0.15) is 4.83 Å². The maximum absolute atomic E-state index is 12.4. The Bertz CT molecular complexity index is 743. The summed E-state index contributed by atoms with van der Waals surface area (Å²) in [4.78, 5) is 30.1. The first-order valence-corrected chi connectivity index (χ1v) is 7.86. The van der Waals surface area contributed by atoms with Crippen molar-refractivity contribution in [3.8, 4) is 0 Å². The molecule has 0 bridgehead atoms. The molecule has 6 nitrogen and oxygen atoms in total. The number of aromatic nitrogens is 2. The summed E-state index contributed by atoms with van der Waals surface area (Å²) in [5, 5.41) is 6.89. The summed E-state index contributed by atoms with van der Waals surface area (Å²) < 4.78 is 1.44. The van der Waals surface area contributed by atoms with Gasteiger partial charge >= 0.3 is 0 Å². The zero-order valence-electron chi connectivity index (χ0n) is 12.1. The summed E-state index contributed by atoms with van der Waals surface area (Å²) in [6.07, 6.45) is 3.38. The van der Waals surface area contributed by atoms with Crippen LogP contribution in [0.1, 0.15) is 28.1 Å². The molecule has 1 amide bonds. The molecule has 112 valence electrons. The summed E-state index contributed by atoms with van der Waals surface area (Å²) in [6, 6.07) is 0.208. The van der Waals surface area contributed by atoms with Crippen LogP contribution in [-0.4, -0.2) is 34.6 Å². The van der Waals surface area contributed by atoms with Crippen LogP contribution in [0.15, 0.2) is 11.1 Å². The van der Waals surface area contributed by atoms with Crippen LogP contribution >= 0.6 is 11.3 Å². The van der Waals surface area contributed by atoms with E-state index in [1.54, 1.807) is 7.05 Å². The van der Waals surface area contributed by atoms with Gasteiger partial charge in [0.2, 0.25) is 0 Å². The van der Waals surface area contributed by atoms with E-state index in [1.807, 2.05) is 6.92 Å². The molecule has 7 heteroatoms. The van der Waals surface area contributed by atoms with E-state index < -0.39 is 0 Å². The molecule has 2 N–H and O–H groups in total. The molecule has 0 saturated carbocycles. The van der Waals surface area contributed by atoms with Gasteiger partial charge in [-0.15, -0.1) is 11.3 Å². The van der Waals surface area contributed by atoms with Crippen molar-refractivity contribution in [2.75, 3.05) is 13.1 Å². The molecule has 1 saturated heterocycles. The fourth-order valence-electron chi connectivity index (χ4n) is 2.64. The third-order valence-electron chi connectivity index (χ3n) is 3.89. The van der Waals surface area contributed by atoms with E-state index in [1.165, 1.54) is 22.2 Å². The van der Waals surface area contributed by atoms with Gasteiger partial charge in [-0.1, -0.05) is 0 Å². The zero-order valence-corrected chi connectivity index (χ0v) is 12.9. The van der Waals surface area contributed by atoms with Crippen LogP contribution in [-0.2, 0) is 7.05 Å². The summed E-state index contributed by atoms with van der Waals surface area (Å²) in [5.41, 5.74) is 0.629. The number of rotatable bonds is 2. The number of nitrogens with zero attached hydrogens (tertiary/aromatic N) is 2. The Labute approximate surface area is 126 Å². The Kier molecular flexibility index (Phi) is 3.77. The highest BCUT2D eigenvalue weighted by Gasteiger charge is 2.22. The average molecular weight is 306 g/mol. The smallest absolute Gasteiger partial charge is 0.262 e. The van der Waals surface area contributed by atoms with Crippen molar-refractivity contribution in [3.63, 3.8) is 0 Å². The molecule has 0 unspecified atom stereocenters. The first kappa shape index (κ1) is 14.2. The van der Waals surface area contributed by atoms with Crippen molar-refractivity contribution < 1.29 is 4.79 Å². The van der Waals surface area contributed by atoms with Gasteiger partial charge in [-0.3, -0.25) is 9.59 Å². The number of amides is 1. The minimum Gasteiger partial charge on any atom is -0.349 e. The number of hydrogen-bond donors (Lipinski definition) is 2. The van der Waals surface area contributed by atoms with Gasteiger partial charge in [0.25, 0.3) is 11.5 Å². The normalized spacial score (nSPS) is 16.3. The molecule has 0 radical (unpaired) electrons. The average Bonchev–Trinajstić information content (AvgIpc) is 2.82. The topological polar surface area (TPSA) is 76.0 Å². The highest BCUT2D eigenvalue weighted by Crippen LogP contribution is 2.26. The van der Waals surface area contributed by atoms with Crippen LogP contribution in [0.2, 0.25) is 0 Å².